The van der Waals surface area contributed by atoms with Crippen molar-refractivity contribution in [2.24, 2.45) is 17.8 Å². The maximum Gasteiger partial charge on any atom is 0.318 e. The summed E-state index contributed by atoms with van der Waals surface area (Å²) in [4.78, 5) is 28.5. The summed E-state index contributed by atoms with van der Waals surface area (Å²) in [6.45, 7) is 11.8. The Kier molecular flexibility index (Phi) is 9.32. The molecule has 7 nitrogen and oxygen atoms in total. The van der Waals surface area contributed by atoms with Crippen molar-refractivity contribution in [3.63, 3.8) is 0 Å². The summed E-state index contributed by atoms with van der Waals surface area (Å²) in [7, 11) is 0. The predicted octanol–water partition coefficient (Wildman–Crippen LogP) is 5.87. The van der Waals surface area contributed by atoms with E-state index in [2.05, 4.69) is 44.4 Å². The highest BCUT2D eigenvalue weighted by atomic mass is 16.3. The zero-order valence-electron chi connectivity index (χ0n) is 24.7. The minimum atomic E-state index is -0.602. The fourth-order valence-corrected chi connectivity index (χ4v) is 6.62. The number of nitrogens with one attached hydrogen (secondary N) is 2. The number of aromatic hydroxyl groups is 2. The van der Waals surface area contributed by atoms with Gasteiger partial charge in [-0.1, -0.05) is 52.8 Å². The standard InChI is InChI=1S/C33H47N3O4/c1-6-14-34-32(40)36-20-25-17-28(38)11-10-24(25)18-30(36)31(39)35-29(21(2)3)16-23-12-13-33(5,22(4)15-23)26-8-7-9-27(37)19-26/h7-11,17,19,21-23,29-30,37-38H,6,12-16,18,20H2,1-5H3,(H,34,40)(H,35,39)/t22-,23?,29+,30?,33+/m0/s1. The van der Waals surface area contributed by atoms with Crippen LogP contribution in [0, 0.1) is 17.8 Å². The number of hydrogen-bond acceptors (Lipinski definition) is 4. The van der Waals surface area contributed by atoms with Crippen LogP contribution in [0.2, 0.25) is 0 Å². The Morgan fingerprint density at radius 3 is 2.52 bits per heavy atom. The number of fused-ring (bicyclic) bond motifs is 1. The van der Waals surface area contributed by atoms with E-state index in [0.29, 0.717) is 30.6 Å². The molecule has 218 valence electrons. The lowest BCUT2D eigenvalue weighted by atomic mass is 9.61. The Labute approximate surface area is 239 Å². The second-order valence-electron chi connectivity index (χ2n) is 12.6. The largest absolute Gasteiger partial charge is 0.508 e. The third-order valence-electron chi connectivity index (χ3n) is 9.48. The second kappa shape index (κ2) is 12.5. The minimum Gasteiger partial charge on any atom is -0.508 e. The molecule has 5 atom stereocenters. The molecule has 4 N–H and O–H groups in total. The molecule has 4 rings (SSSR count). The molecule has 3 amide bonds. The van der Waals surface area contributed by atoms with E-state index in [1.165, 1.54) is 5.56 Å². The lowest BCUT2D eigenvalue weighted by molar-refractivity contribution is -0.127. The van der Waals surface area contributed by atoms with Crippen LogP contribution in [0.3, 0.4) is 0 Å². The van der Waals surface area contributed by atoms with E-state index in [0.717, 1.165) is 43.2 Å². The first-order valence-electron chi connectivity index (χ1n) is 15.0. The number of rotatable bonds is 8. The van der Waals surface area contributed by atoms with E-state index < -0.39 is 6.04 Å². The quantitative estimate of drug-likeness (QED) is 0.331. The number of nitrogens with zero attached hydrogens (tertiary/aromatic N) is 1. The van der Waals surface area contributed by atoms with Gasteiger partial charge >= 0.3 is 6.03 Å². The predicted molar refractivity (Wildman–Crippen MR) is 158 cm³/mol. The topological polar surface area (TPSA) is 102 Å². The van der Waals surface area contributed by atoms with E-state index in [1.807, 2.05) is 25.1 Å². The minimum absolute atomic E-state index is 0.0107. The van der Waals surface area contributed by atoms with Gasteiger partial charge in [-0.3, -0.25) is 4.79 Å². The summed E-state index contributed by atoms with van der Waals surface area (Å²) < 4.78 is 0. The van der Waals surface area contributed by atoms with Crippen LogP contribution in [-0.4, -0.2) is 45.7 Å². The Morgan fingerprint density at radius 1 is 1.10 bits per heavy atom. The van der Waals surface area contributed by atoms with Crippen molar-refractivity contribution in [1.82, 2.24) is 15.5 Å². The molecule has 2 aromatic rings. The third-order valence-corrected chi connectivity index (χ3v) is 9.48. The average Bonchev–Trinajstić information content (AvgIpc) is 2.92. The van der Waals surface area contributed by atoms with Gasteiger partial charge < -0.3 is 25.7 Å². The van der Waals surface area contributed by atoms with Crippen molar-refractivity contribution in [2.75, 3.05) is 6.54 Å². The molecule has 0 bridgehead atoms. The summed E-state index contributed by atoms with van der Waals surface area (Å²) >= 11 is 0. The number of carbonyl (C=O) groups is 2. The number of hydrogen-bond donors (Lipinski definition) is 4. The monoisotopic (exact) mass is 549 g/mol. The molecule has 0 saturated heterocycles. The van der Waals surface area contributed by atoms with E-state index in [9.17, 15) is 19.8 Å². The van der Waals surface area contributed by atoms with Gasteiger partial charge in [-0.05, 0) is 96.2 Å². The first kappa shape index (κ1) is 29.8. The lowest BCUT2D eigenvalue weighted by Crippen LogP contribution is -2.57. The molecule has 1 fully saturated rings. The van der Waals surface area contributed by atoms with Crippen LogP contribution in [-0.2, 0) is 23.2 Å². The van der Waals surface area contributed by atoms with E-state index in [1.54, 1.807) is 23.1 Å². The second-order valence-corrected chi connectivity index (χ2v) is 12.6. The first-order valence-corrected chi connectivity index (χ1v) is 15.0. The first-order chi connectivity index (χ1) is 19.0. The molecule has 7 heteroatoms. The number of amides is 3. The van der Waals surface area contributed by atoms with Gasteiger partial charge in [-0.2, -0.15) is 0 Å². The van der Waals surface area contributed by atoms with Crippen LogP contribution in [0.15, 0.2) is 42.5 Å². The maximum atomic E-state index is 13.8. The molecule has 2 aliphatic rings. The summed E-state index contributed by atoms with van der Waals surface area (Å²) in [6.07, 6.45) is 5.32. The molecule has 2 aromatic carbocycles. The Balaban J connectivity index is 1.45. The lowest BCUT2D eigenvalue weighted by Gasteiger charge is -2.44. The molecular formula is C33H47N3O4. The molecule has 0 radical (unpaired) electrons. The number of phenols is 2. The molecule has 1 heterocycles. The van der Waals surface area contributed by atoms with Gasteiger partial charge in [0, 0.05) is 25.6 Å². The van der Waals surface area contributed by atoms with Crippen molar-refractivity contribution in [1.29, 1.82) is 0 Å². The van der Waals surface area contributed by atoms with Gasteiger partial charge in [0.05, 0.1) is 0 Å². The van der Waals surface area contributed by atoms with Crippen molar-refractivity contribution in [3.8, 4) is 11.5 Å². The molecule has 1 aliphatic heterocycles. The molecule has 40 heavy (non-hydrogen) atoms. The Morgan fingerprint density at radius 2 is 1.85 bits per heavy atom. The third kappa shape index (κ3) is 6.56. The number of phenolic OH excluding ortho intramolecular Hbond substituents is 2. The van der Waals surface area contributed by atoms with Gasteiger partial charge in [0.1, 0.15) is 17.5 Å². The van der Waals surface area contributed by atoms with Crippen LogP contribution in [0.4, 0.5) is 4.79 Å². The SMILES string of the molecule is CCCNC(=O)N1Cc2cc(O)ccc2CC1C(=O)N[C@H](CC1CC[C@@](C)(c2cccc(O)c2)[C@@H](C)C1)C(C)C. The fourth-order valence-electron chi connectivity index (χ4n) is 6.62. The van der Waals surface area contributed by atoms with Crippen molar-refractivity contribution >= 4 is 11.9 Å². The zero-order valence-corrected chi connectivity index (χ0v) is 24.7. The number of urea groups is 1. The Hall–Kier alpha value is -3.22. The van der Waals surface area contributed by atoms with Gasteiger partial charge in [-0.15, -0.1) is 0 Å². The molecule has 1 aliphatic carbocycles. The molecule has 2 unspecified atom stereocenters. The summed E-state index contributed by atoms with van der Waals surface area (Å²) in [5.74, 6) is 1.56. The number of benzene rings is 2. The van der Waals surface area contributed by atoms with E-state index in [-0.39, 0.29) is 41.6 Å². The highest BCUT2D eigenvalue weighted by molar-refractivity contribution is 5.88. The van der Waals surface area contributed by atoms with E-state index >= 15 is 0 Å². The van der Waals surface area contributed by atoms with Crippen LogP contribution < -0.4 is 10.6 Å². The highest BCUT2D eigenvalue weighted by Crippen LogP contribution is 2.47. The number of carbonyl (C=O) groups excluding carboxylic acids is 2. The highest BCUT2D eigenvalue weighted by Gasteiger charge is 2.40. The maximum absolute atomic E-state index is 13.8. The van der Waals surface area contributed by atoms with Gasteiger partial charge in [0.2, 0.25) is 5.91 Å². The van der Waals surface area contributed by atoms with Crippen LogP contribution in [0.25, 0.3) is 0 Å². The molecule has 0 aromatic heterocycles. The zero-order chi connectivity index (χ0) is 29.0. The van der Waals surface area contributed by atoms with Gasteiger partial charge in [0.25, 0.3) is 0 Å². The molecular weight excluding hydrogens is 502 g/mol. The normalized spacial score (nSPS) is 25.2. The molecule has 1 saturated carbocycles. The Bertz CT molecular complexity index is 1200. The molecule has 0 spiro atoms. The van der Waals surface area contributed by atoms with Gasteiger partial charge in [-0.25, -0.2) is 4.79 Å². The van der Waals surface area contributed by atoms with Crippen molar-refractivity contribution < 1.29 is 19.8 Å². The van der Waals surface area contributed by atoms with Crippen LogP contribution >= 0.6 is 0 Å². The fraction of sp³-hybridized carbons (Fsp3) is 0.576. The van der Waals surface area contributed by atoms with E-state index in [4.69, 9.17) is 0 Å². The average molecular weight is 550 g/mol. The summed E-state index contributed by atoms with van der Waals surface area (Å²) in [5.41, 5.74) is 3.08. The van der Waals surface area contributed by atoms with Crippen LogP contribution in [0.1, 0.15) is 83.4 Å². The smallest absolute Gasteiger partial charge is 0.318 e. The van der Waals surface area contributed by atoms with Crippen molar-refractivity contribution in [2.45, 2.75) is 97.2 Å². The van der Waals surface area contributed by atoms with Crippen LogP contribution in [0.5, 0.6) is 11.5 Å². The summed E-state index contributed by atoms with van der Waals surface area (Å²) in [5, 5.41) is 26.3. The van der Waals surface area contributed by atoms with Crippen molar-refractivity contribution in [3.05, 3.63) is 59.2 Å². The summed E-state index contributed by atoms with van der Waals surface area (Å²) in [6, 6.07) is 12.0. The van der Waals surface area contributed by atoms with Gasteiger partial charge in [0.15, 0.2) is 0 Å².